The fourth-order valence-electron chi connectivity index (χ4n) is 1.96. The maximum absolute atomic E-state index is 9.13. The largest absolute Gasteiger partial charge is 0.726 e. The van der Waals surface area contributed by atoms with Gasteiger partial charge in [0.25, 0.3) is 0 Å². The molecule has 0 spiro atoms. The summed E-state index contributed by atoms with van der Waals surface area (Å²) in [7, 11) is -4.92. The Kier molecular flexibility index (Phi) is 9.04. The summed E-state index contributed by atoms with van der Waals surface area (Å²) in [6.45, 7) is 6.92. The van der Waals surface area contributed by atoms with Gasteiger partial charge >= 0.3 is 5.69 Å². The third kappa shape index (κ3) is 8.74. The molecule has 0 radical (unpaired) electrons. The molecule has 0 bridgehead atoms. The van der Waals surface area contributed by atoms with E-state index < -0.39 is 10.4 Å². The molecule has 0 amide bonds. The van der Waals surface area contributed by atoms with E-state index in [1.54, 1.807) is 17.8 Å². The predicted molar refractivity (Wildman–Crippen MR) is 101 cm³/mol. The Morgan fingerprint density at radius 1 is 1.11 bits per heavy atom. The second kappa shape index (κ2) is 10.7. The van der Waals surface area contributed by atoms with Crippen LogP contribution in [-0.4, -0.2) is 30.7 Å². The van der Waals surface area contributed by atoms with Crippen molar-refractivity contribution in [3.8, 4) is 11.5 Å². The first kappa shape index (κ1) is 22.7. The summed E-state index contributed by atoms with van der Waals surface area (Å²) in [6, 6.07) is 11.8. The molecule has 8 nitrogen and oxygen atoms in total. The van der Waals surface area contributed by atoms with Crippen molar-refractivity contribution in [2.24, 2.45) is 0 Å². The maximum Gasteiger partial charge on any atom is 0.430 e. The lowest BCUT2D eigenvalue weighted by atomic mass is 10.2. The van der Waals surface area contributed by atoms with Gasteiger partial charge < -0.3 is 14.0 Å². The predicted octanol–water partition coefficient (Wildman–Crippen LogP) is 4.43. The van der Waals surface area contributed by atoms with Crippen LogP contribution < -0.4 is 9.47 Å². The zero-order valence-electron chi connectivity index (χ0n) is 15.1. The smallest absolute Gasteiger partial charge is 0.430 e. The van der Waals surface area contributed by atoms with Crippen molar-refractivity contribution in [3.63, 3.8) is 0 Å². The number of nitrogens with zero attached hydrogens (tertiary/aromatic N) is 2. The van der Waals surface area contributed by atoms with Crippen LogP contribution in [0.5, 0.6) is 11.5 Å². The van der Waals surface area contributed by atoms with E-state index in [9.17, 15) is 0 Å². The van der Waals surface area contributed by atoms with Gasteiger partial charge in [0.15, 0.2) is 4.98 Å². The highest BCUT2D eigenvalue weighted by molar-refractivity contribution is 7.99. The summed E-state index contributed by atoms with van der Waals surface area (Å²) in [5, 5.41) is 9.13. The molecule has 0 aliphatic heterocycles. The highest BCUT2D eigenvalue weighted by Gasteiger charge is 2.21. The first-order valence-corrected chi connectivity index (χ1v) is 10.1. The fraction of sp³-hybridized carbons (Fsp3) is 0.294. The van der Waals surface area contributed by atoms with Crippen LogP contribution in [0.2, 0.25) is 0 Å². The summed E-state index contributed by atoms with van der Waals surface area (Å²) in [5.41, 5.74) is 1.59. The van der Waals surface area contributed by atoms with Crippen LogP contribution in [0.1, 0.15) is 19.4 Å². The minimum atomic E-state index is -4.92. The van der Waals surface area contributed by atoms with E-state index in [1.165, 1.54) is 5.56 Å². The SMILES string of the molecule is CCOc1cc(Sc2ccc(C)cc2)c(OCC)cc1[N+]#N.O=S(=O)([O-])O. The number of diazo groups is 1. The van der Waals surface area contributed by atoms with E-state index >= 15 is 0 Å². The zero-order valence-corrected chi connectivity index (χ0v) is 16.7. The molecular weight excluding hydrogens is 392 g/mol. The summed E-state index contributed by atoms with van der Waals surface area (Å²) in [4.78, 5) is 5.32. The molecule has 0 saturated heterocycles. The van der Waals surface area contributed by atoms with Gasteiger partial charge in [-0.3, -0.25) is 4.55 Å². The third-order valence-corrected chi connectivity index (χ3v) is 4.03. The van der Waals surface area contributed by atoms with Crippen molar-refractivity contribution < 1.29 is 27.0 Å². The van der Waals surface area contributed by atoms with Crippen LogP contribution in [0, 0.1) is 12.3 Å². The number of hydrogen-bond donors (Lipinski definition) is 1. The quantitative estimate of drug-likeness (QED) is 0.420. The topological polar surface area (TPSA) is 124 Å². The molecule has 0 atom stereocenters. The molecule has 1 N–H and O–H groups in total. The summed E-state index contributed by atoms with van der Waals surface area (Å²) in [5.74, 6) is 1.23. The Balaban J connectivity index is 0.000000646. The standard InChI is InChI=1S/C17H19N2O2S.H2O4S/c1-4-20-15-11-17(16(21-5-2)10-14(15)19-18)22-13-8-6-12(3)7-9-13;1-5(2,3)4/h6-11H,4-5H2,1-3H3;(H2,1,2,3,4)/q+1;/p-1. The molecule has 27 heavy (non-hydrogen) atoms. The van der Waals surface area contributed by atoms with Gasteiger partial charge in [0.2, 0.25) is 21.5 Å². The van der Waals surface area contributed by atoms with Gasteiger partial charge in [0, 0.05) is 11.0 Å². The number of ether oxygens (including phenoxy) is 2. The van der Waals surface area contributed by atoms with Crippen molar-refractivity contribution in [2.45, 2.75) is 30.6 Å². The minimum absolute atomic E-state index is 0.374. The highest BCUT2D eigenvalue weighted by atomic mass is 32.3. The number of hydrogen-bond acceptors (Lipinski definition) is 7. The minimum Gasteiger partial charge on any atom is -0.726 e. The van der Waals surface area contributed by atoms with Crippen LogP contribution in [0.15, 0.2) is 46.2 Å². The average Bonchev–Trinajstić information content (AvgIpc) is 2.58. The van der Waals surface area contributed by atoms with Gasteiger partial charge in [0.05, 0.1) is 24.2 Å². The van der Waals surface area contributed by atoms with E-state index in [4.69, 9.17) is 32.4 Å². The van der Waals surface area contributed by atoms with Gasteiger partial charge in [-0.2, -0.15) is 0 Å². The number of aryl methyl sites for hydroxylation is 1. The fourth-order valence-corrected chi connectivity index (χ4v) is 2.87. The Morgan fingerprint density at radius 2 is 1.63 bits per heavy atom. The van der Waals surface area contributed by atoms with Crippen molar-refractivity contribution in [2.75, 3.05) is 13.2 Å². The molecule has 2 rings (SSSR count). The van der Waals surface area contributed by atoms with Crippen molar-refractivity contribution >= 4 is 27.8 Å². The Morgan fingerprint density at radius 3 is 2.11 bits per heavy atom. The molecule has 0 unspecified atom stereocenters. The number of rotatable bonds is 6. The van der Waals surface area contributed by atoms with E-state index in [2.05, 4.69) is 36.2 Å². The van der Waals surface area contributed by atoms with Crippen molar-refractivity contribution in [1.82, 2.24) is 0 Å². The molecular formula is C17H20N2O6S2. The zero-order chi connectivity index (χ0) is 20.4. The van der Waals surface area contributed by atoms with Gasteiger partial charge in [-0.25, -0.2) is 8.42 Å². The average molecular weight is 412 g/mol. The molecule has 0 fully saturated rings. The van der Waals surface area contributed by atoms with E-state index in [0.717, 1.165) is 9.79 Å². The molecule has 146 valence electrons. The van der Waals surface area contributed by atoms with Gasteiger partial charge in [-0.1, -0.05) is 29.5 Å². The maximum atomic E-state index is 9.13. The van der Waals surface area contributed by atoms with Crippen molar-refractivity contribution in [3.05, 3.63) is 46.9 Å². The molecule has 0 saturated carbocycles. The summed E-state index contributed by atoms with van der Waals surface area (Å²) in [6.07, 6.45) is 0. The summed E-state index contributed by atoms with van der Waals surface area (Å²) < 4.78 is 44.0. The molecule has 2 aromatic rings. The molecule has 0 aliphatic carbocycles. The monoisotopic (exact) mass is 412 g/mol. The van der Waals surface area contributed by atoms with E-state index in [0.29, 0.717) is 30.4 Å². The summed E-state index contributed by atoms with van der Waals surface area (Å²) >= 11 is 1.59. The normalized spacial score (nSPS) is 10.4. The molecule has 0 aromatic heterocycles. The Labute approximate surface area is 162 Å². The van der Waals surface area contributed by atoms with Gasteiger partial charge in [0.1, 0.15) is 5.75 Å². The van der Waals surface area contributed by atoms with Crippen LogP contribution in [0.4, 0.5) is 5.69 Å². The third-order valence-electron chi connectivity index (χ3n) is 2.98. The van der Waals surface area contributed by atoms with Gasteiger partial charge in [-0.05, 0) is 32.9 Å². The van der Waals surface area contributed by atoms with Gasteiger partial charge in [-0.15, -0.1) is 0 Å². The first-order chi connectivity index (χ1) is 12.7. The molecule has 2 aromatic carbocycles. The Hall–Kier alpha value is -2.32. The van der Waals surface area contributed by atoms with Crippen LogP contribution in [0.3, 0.4) is 0 Å². The van der Waals surface area contributed by atoms with Crippen LogP contribution >= 0.6 is 11.8 Å². The second-order valence-corrected chi connectivity index (χ2v) is 7.05. The first-order valence-electron chi connectivity index (χ1n) is 7.89. The molecule has 0 aliphatic rings. The van der Waals surface area contributed by atoms with Crippen LogP contribution in [0.25, 0.3) is 4.98 Å². The molecule has 10 heteroatoms. The molecule has 0 heterocycles. The van der Waals surface area contributed by atoms with E-state index in [1.807, 2.05) is 19.9 Å². The lowest BCUT2D eigenvalue weighted by Gasteiger charge is -2.11. The Bertz CT molecular complexity index is 885. The highest BCUT2D eigenvalue weighted by Crippen LogP contribution is 2.42. The van der Waals surface area contributed by atoms with Crippen molar-refractivity contribution in [1.29, 1.82) is 5.39 Å². The lowest BCUT2D eigenvalue weighted by Crippen LogP contribution is -1.96. The lowest BCUT2D eigenvalue weighted by molar-refractivity contribution is 0.325. The van der Waals surface area contributed by atoms with E-state index in [-0.39, 0.29) is 0 Å². The second-order valence-electron chi connectivity index (χ2n) is 5.08. The van der Waals surface area contributed by atoms with Crippen LogP contribution in [-0.2, 0) is 10.4 Å². The number of benzene rings is 2.